The summed E-state index contributed by atoms with van der Waals surface area (Å²) in [5.41, 5.74) is 5.15. The van der Waals surface area contributed by atoms with E-state index in [9.17, 15) is 0 Å². The first-order valence-electron chi connectivity index (χ1n) is 6.38. The summed E-state index contributed by atoms with van der Waals surface area (Å²) in [5, 5.41) is 0. The van der Waals surface area contributed by atoms with Gasteiger partial charge in [0.2, 0.25) is 0 Å². The van der Waals surface area contributed by atoms with Gasteiger partial charge in [0.05, 0.1) is 0 Å². The number of H-pyrrole nitrogens is 1. The molecule has 1 heterocycles. The fourth-order valence-electron chi connectivity index (χ4n) is 2.72. The summed E-state index contributed by atoms with van der Waals surface area (Å²) in [6.07, 6.45) is 2.01. The maximum absolute atomic E-state index is 5.38. The van der Waals surface area contributed by atoms with Gasteiger partial charge in [-0.15, -0.1) is 0 Å². The highest BCUT2D eigenvalue weighted by Crippen LogP contribution is 2.38. The summed E-state index contributed by atoms with van der Waals surface area (Å²) in [6, 6.07) is 8.56. The molecule has 1 aliphatic carbocycles. The Morgan fingerprint density at radius 3 is 2.83 bits per heavy atom. The summed E-state index contributed by atoms with van der Waals surface area (Å²) < 4.78 is 0.758. The minimum absolute atomic E-state index is 0.396. The highest BCUT2D eigenvalue weighted by Gasteiger charge is 2.29. The van der Waals surface area contributed by atoms with Crippen LogP contribution in [0.4, 0.5) is 0 Å². The number of nitrogens with zero attached hydrogens (tertiary/aromatic N) is 1. The summed E-state index contributed by atoms with van der Waals surface area (Å²) >= 11 is 5.38. The summed E-state index contributed by atoms with van der Waals surface area (Å²) in [6.45, 7) is 4.20. The van der Waals surface area contributed by atoms with Gasteiger partial charge in [0.25, 0.3) is 0 Å². The van der Waals surface area contributed by atoms with Gasteiger partial charge in [-0.2, -0.15) is 0 Å². The standard InChI is InChI=1S/C15H16N2S/c1-3-11-9(2)16-14(17-15(11)18)13-8-10-6-4-5-7-12(10)13/h4-7,13H,3,8H2,1-2H3,(H,16,17,18). The molecule has 2 aromatic rings. The average Bonchev–Trinajstić information content (AvgIpc) is 2.30. The van der Waals surface area contributed by atoms with Crippen LogP contribution in [0.3, 0.4) is 0 Å². The van der Waals surface area contributed by atoms with Crippen LogP contribution in [0.2, 0.25) is 0 Å². The highest BCUT2D eigenvalue weighted by molar-refractivity contribution is 7.71. The van der Waals surface area contributed by atoms with Crippen LogP contribution < -0.4 is 0 Å². The molecule has 0 bridgehead atoms. The van der Waals surface area contributed by atoms with E-state index in [2.05, 4.69) is 48.1 Å². The van der Waals surface area contributed by atoms with Crippen molar-refractivity contribution in [1.29, 1.82) is 0 Å². The molecule has 92 valence electrons. The third-order valence-corrected chi connectivity index (χ3v) is 4.12. The lowest BCUT2D eigenvalue weighted by Crippen LogP contribution is -2.21. The minimum atomic E-state index is 0.396. The van der Waals surface area contributed by atoms with Crippen LogP contribution in [0.1, 0.15) is 41.1 Å². The molecule has 0 fully saturated rings. The Morgan fingerprint density at radius 2 is 2.17 bits per heavy atom. The number of nitrogens with one attached hydrogen (secondary N) is 1. The number of aromatic amines is 1. The van der Waals surface area contributed by atoms with Crippen molar-refractivity contribution in [1.82, 2.24) is 9.97 Å². The van der Waals surface area contributed by atoms with Gasteiger partial charge < -0.3 is 4.98 Å². The molecule has 1 aliphatic rings. The van der Waals surface area contributed by atoms with Crippen LogP contribution in [0.5, 0.6) is 0 Å². The Balaban J connectivity index is 2.04. The molecule has 0 amide bonds. The van der Waals surface area contributed by atoms with Crippen molar-refractivity contribution in [2.75, 3.05) is 0 Å². The zero-order valence-electron chi connectivity index (χ0n) is 10.7. The number of aromatic nitrogens is 2. The van der Waals surface area contributed by atoms with Gasteiger partial charge in [-0.05, 0) is 30.9 Å². The summed E-state index contributed by atoms with van der Waals surface area (Å²) in [4.78, 5) is 8.02. The van der Waals surface area contributed by atoms with Crippen LogP contribution in [-0.2, 0) is 12.8 Å². The van der Waals surface area contributed by atoms with E-state index in [1.807, 2.05) is 0 Å². The topological polar surface area (TPSA) is 28.7 Å². The molecular formula is C15H16N2S. The first kappa shape index (κ1) is 11.6. The molecule has 0 aliphatic heterocycles. The normalized spacial score (nSPS) is 17.1. The summed E-state index contributed by atoms with van der Waals surface area (Å²) in [5.74, 6) is 1.42. The lowest BCUT2D eigenvalue weighted by Gasteiger charge is -2.29. The summed E-state index contributed by atoms with van der Waals surface area (Å²) in [7, 11) is 0. The lowest BCUT2D eigenvalue weighted by atomic mass is 9.77. The van der Waals surface area contributed by atoms with E-state index >= 15 is 0 Å². The monoisotopic (exact) mass is 256 g/mol. The van der Waals surface area contributed by atoms with Crippen molar-refractivity contribution in [3.63, 3.8) is 0 Å². The molecule has 1 aromatic heterocycles. The Hall–Kier alpha value is -1.48. The van der Waals surface area contributed by atoms with E-state index in [0.29, 0.717) is 5.92 Å². The van der Waals surface area contributed by atoms with Crippen molar-refractivity contribution in [3.05, 3.63) is 57.1 Å². The zero-order valence-corrected chi connectivity index (χ0v) is 11.5. The molecule has 0 radical (unpaired) electrons. The second-order valence-corrected chi connectivity index (χ2v) is 5.23. The number of rotatable bonds is 2. The minimum Gasteiger partial charge on any atom is -0.347 e. The second-order valence-electron chi connectivity index (χ2n) is 4.84. The predicted molar refractivity (Wildman–Crippen MR) is 75.5 cm³/mol. The van der Waals surface area contributed by atoms with Crippen LogP contribution >= 0.6 is 12.2 Å². The van der Waals surface area contributed by atoms with Crippen LogP contribution in [0.25, 0.3) is 0 Å². The van der Waals surface area contributed by atoms with E-state index in [1.165, 1.54) is 16.7 Å². The van der Waals surface area contributed by atoms with E-state index in [-0.39, 0.29) is 0 Å². The van der Waals surface area contributed by atoms with Gasteiger partial charge in [-0.25, -0.2) is 4.98 Å². The zero-order chi connectivity index (χ0) is 12.7. The molecular weight excluding hydrogens is 240 g/mol. The molecule has 18 heavy (non-hydrogen) atoms. The van der Waals surface area contributed by atoms with Crippen molar-refractivity contribution < 1.29 is 0 Å². The van der Waals surface area contributed by atoms with E-state index in [4.69, 9.17) is 12.2 Å². The first-order chi connectivity index (χ1) is 8.70. The Labute approximate surface area is 112 Å². The number of aryl methyl sites for hydroxylation is 1. The molecule has 1 atom stereocenters. The van der Waals surface area contributed by atoms with Gasteiger partial charge in [-0.1, -0.05) is 43.4 Å². The molecule has 3 rings (SSSR count). The quantitative estimate of drug-likeness (QED) is 0.830. The van der Waals surface area contributed by atoms with Gasteiger partial charge >= 0.3 is 0 Å². The number of hydrogen-bond acceptors (Lipinski definition) is 2. The fourth-order valence-corrected chi connectivity index (χ4v) is 3.11. The first-order valence-corrected chi connectivity index (χ1v) is 6.79. The van der Waals surface area contributed by atoms with Crippen molar-refractivity contribution >= 4 is 12.2 Å². The van der Waals surface area contributed by atoms with E-state index in [0.717, 1.165) is 29.0 Å². The number of fused-ring (bicyclic) bond motifs is 1. The van der Waals surface area contributed by atoms with Crippen molar-refractivity contribution in [2.45, 2.75) is 32.6 Å². The molecule has 1 aromatic carbocycles. The number of benzene rings is 1. The van der Waals surface area contributed by atoms with Crippen molar-refractivity contribution in [2.24, 2.45) is 0 Å². The molecule has 0 spiro atoms. The lowest BCUT2D eigenvalue weighted by molar-refractivity contribution is 0.652. The molecule has 2 nitrogen and oxygen atoms in total. The Bertz CT molecular complexity index is 658. The molecule has 0 saturated carbocycles. The average molecular weight is 256 g/mol. The second kappa shape index (κ2) is 4.32. The Morgan fingerprint density at radius 1 is 1.39 bits per heavy atom. The van der Waals surface area contributed by atoms with E-state index < -0.39 is 0 Å². The third kappa shape index (κ3) is 1.70. The molecule has 1 unspecified atom stereocenters. The van der Waals surface area contributed by atoms with Crippen LogP contribution in [-0.4, -0.2) is 9.97 Å². The number of hydrogen-bond donors (Lipinski definition) is 1. The van der Waals surface area contributed by atoms with E-state index in [1.54, 1.807) is 0 Å². The van der Waals surface area contributed by atoms with Gasteiger partial charge in [0.1, 0.15) is 10.5 Å². The fraction of sp³-hybridized carbons (Fsp3) is 0.333. The van der Waals surface area contributed by atoms with Gasteiger partial charge in [0.15, 0.2) is 0 Å². The van der Waals surface area contributed by atoms with Crippen LogP contribution in [0.15, 0.2) is 24.3 Å². The van der Waals surface area contributed by atoms with Crippen molar-refractivity contribution in [3.8, 4) is 0 Å². The molecule has 3 heteroatoms. The predicted octanol–water partition coefficient (Wildman–Crippen LogP) is 3.70. The van der Waals surface area contributed by atoms with Crippen LogP contribution in [0, 0.1) is 11.6 Å². The Kier molecular flexibility index (Phi) is 2.78. The highest BCUT2D eigenvalue weighted by atomic mass is 32.1. The van der Waals surface area contributed by atoms with Gasteiger partial charge in [-0.3, -0.25) is 0 Å². The maximum atomic E-state index is 5.38. The van der Waals surface area contributed by atoms with Gasteiger partial charge in [0, 0.05) is 17.2 Å². The molecule has 1 N–H and O–H groups in total. The SMILES string of the molecule is CCc1c(C)[nH]c(C2Cc3ccccc32)nc1=S. The largest absolute Gasteiger partial charge is 0.347 e. The third-order valence-electron chi connectivity index (χ3n) is 3.79. The molecule has 0 saturated heterocycles. The smallest absolute Gasteiger partial charge is 0.133 e. The maximum Gasteiger partial charge on any atom is 0.133 e.